The normalized spacial score (nSPS) is 14.6. The van der Waals surface area contributed by atoms with Gasteiger partial charge in [-0.15, -0.1) is 5.10 Å². The van der Waals surface area contributed by atoms with Crippen LogP contribution in [0.15, 0.2) is 24.3 Å². The van der Waals surface area contributed by atoms with Crippen LogP contribution in [0.5, 0.6) is 0 Å². The highest BCUT2D eigenvalue weighted by Gasteiger charge is 2.13. The first-order valence-corrected chi connectivity index (χ1v) is 6.47. The zero-order chi connectivity index (χ0) is 13.2. The van der Waals surface area contributed by atoms with Crippen LogP contribution in [0.1, 0.15) is 24.2 Å². The Bertz CT molecular complexity index is 614. The molecule has 0 unspecified atom stereocenters. The van der Waals surface area contributed by atoms with Crippen molar-refractivity contribution in [3.63, 3.8) is 0 Å². The second-order valence-corrected chi connectivity index (χ2v) is 4.76. The summed E-state index contributed by atoms with van der Waals surface area (Å²) in [6, 6.07) is 10.3. The second kappa shape index (κ2) is 4.73. The Morgan fingerprint density at radius 1 is 1.11 bits per heavy atom. The molecule has 1 aliphatic heterocycles. The van der Waals surface area contributed by atoms with Crippen LogP contribution in [0.4, 0.5) is 5.69 Å². The molecule has 0 N–H and O–H groups in total. The van der Waals surface area contributed by atoms with Crippen molar-refractivity contribution >= 4 is 5.69 Å². The summed E-state index contributed by atoms with van der Waals surface area (Å²) in [5, 5.41) is 16.8. The van der Waals surface area contributed by atoms with Crippen molar-refractivity contribution in [1.29, 1.82) is 5.26 Å². The third-order valence-electron chi connectivity index (χ3n) is 3.57. The average Bonchev–Trinajstić information content (AvgIpc) is 3.08. The first-order valence-electron chi connectivity index (χ1n) is 6.47. The summed E-state index contributed by atoms with van der Waals surface area (Å²) in [5.74, 6) is 0. The Morgan fingerprint density at radius 3 is 2.32 bits per heavy atom. The molecule has 0 atom stereocenters. The van der Waals surface area contributed by atoms with E-state index in [0.29, 0.717) is 5.69 Å². The van der Waals surface area contributed by atoms with Crippen LogP contribution >= 0.6 is 0 Å². The molecule has 5 nitrogen and oxygen atoms in total. The van der Waals surface area contributed by atoms with Crippen LogP contribution in [-0.2, 0) is 0 Å². The lowest BCUT2D eigenvalue weighted by molar-refractivity contribution is 0.784. The van der Waals surface area contributed by atoms with E-state index in [-0.39, 0.29) is 0 Å². The van der Waals surface area contributed by atoms with E-state index in [2.05, 4.69) is 27.3 Å². The summed E-state index contributed by atoms with van der Waals surface area (Å²) < 4.78 is 1.70. The van der Waals surface area contributed by atoms with Crippen LogP contribution in [0, 0.1) is 18.3 Å². The van der Waals surface area contributed by atoms with Gasteiger partial charge in [0.2, 0.25) is 0 Å². The quantitative estimate of drug-likeness (QED) is 0.822. The van der Waals surface area contributed by atoms with Gasteiger partial charge in [0.15, 0.2) is 5.69 Å². The maximum atomic E-state index is 8.89. The van der Waals surface area contributed by atoms with Gasteiger partial charge in [0.05, 0.1) is 11.4 Å². The maximum absolute atomic E-state index is 8.89. The molecule has 0 bridgehead atoms. The lowest BCUT2D eigenvalue weighted by atomic mass is 10.2. The molecule has 1 aromatic heterocycles. The van der Waals surface area contributed by atoms with Gasteiger partial charge in [-0.3, -0.25) is 0 Å². The van der Waals surface area contributed by atoms with Crippen LogP contribution in [0.25, 0.3) is 5.69 Å². The number of rotatable bonds is 2. The Morgan fingerprint density at radius 2 is 1.74 bits per heavy atom. The van der Waals surface area contributed by atoms with Gasteiger partial charge in [0, 0.05) is 18.8 Å². The van der Waals surface area contributed by atoms with Crippen molar-refractivity contribution < 1.29 is 0 Å². The van der Waals surface area contributed by atoms with Gasteiger partial charge >= 0.3 is 0 Å². The van der Waals surface area contributed by atoms with Gasteiger partial charge in [0.25, 0.3) is 0 Å². The van der Waals surface area contributed by atoms with Crippen molar-refractivity contribution in [2.75, 3.05) is 18.0 Å². The molecule has 2 heterocycles. The SMILES string of the molecule is Cc1c(C#N)nnn1-c1ccc(N2CCCC2)cc1. The number of nitrogens with zero attached hydrogens (tertiary/aromatic N) is 5. The summed E-state index contributed by atoms with van der Waals surface area (Å²) in [6.07, 6.45) is 2.55. The Labute approximate surface area is 112 Å². The van der Waals surface area contributed by atoms with E-state index in [1.165, 1.54) is 18.5 Å². The van der Waals surface area contributed by atoms with Crippen molar-refractivity contribution in [1.82, 2.24) is 15.0 Å². The average molecular weight is 253 g/mol. The van der Waals surface area contributed by atoms with Gasteiger partial charge < -0.3 is 4.90 Å². The molecule has 0 spiro atoms. The first-order chi connectivity index (χ1) is 9.29. The largest absolute Gasteiger partial charge is 0.372 e. The monoisotopic (exact) mass is 253 g/mol. The predicted molar refractivity (Wildman–Crippen MR) is 72.3 cm³/mol. The zero-order valence-corrected chi connectivity index (χ0v) is 10.9. The molecular formula is C14H15N5. The van der Waals surface area contributed by atoms with E-state index >= 15 is 0 Å². The second-order valence-electron chi connectivity index (χ2n) is 4.76. The van der Waals surface area contributed by atoms with Crippen LogP contribution in [0.3, 0.4) is 0 Å². The third kappa shape index (κ3) is 2.06. The molecule has 1 saturated heterocycles. The molecule has 0 saturated carbocycles. The zero-order valence-electron chi connectivity index (χ0n) is 10.9. The molecule has 1 fully saturated rings. The molecule has 3 rings (SSSR count). The number of nitriles is 1. The van der Waals surface area contributed by atoms with Gasteiger partial charge in [0.1, 0.15) is 6.07 Å². The van der Waals surface area contributed by atoms with Crippen molar-refractivity contribution in [3.8, 4) is 11.8 Å². The predicted octanol–water partition coefficient (Wildman–Crippen LogP) is 2.05. The van der Waals surface area contributed by atoms with Crippen molar-refractivity contribution in [2.45, 2.75) is 19.8 Å². The highest BCUT2D eigenvalue weighted by atomic mass is 15.4. The first kappa shape index (κ1) is 11.7. The fourth-order valence-electron chi connectivity index (χ4n) is 2.46. The van der Waals surface area contributed by atoms with Gasteiger partial charge in [-0.1, -0.05) is 5.21 Å². The summed E-state index contributed by atoms with van der Waals surface area (Å²) in [7, 11) is 0. The van der Waals surface area contributed by atoms with E-state index < -0.39 is 0 Å². The fourth-order valence-corrected chi connectivity index (χ4v) is 2.46. The molecule has 0 amide bonds. The number of hydrogen-bond donors (Lipinski definition) is 0. The Balaban J connectivity index is 1.89. The van der Waals surface area contributed by atoms with Gasteiger partial charge in [-0.2, -0.15) is 5.26 Å². The number of aromatic nitrogens is 3. The fraction of sp³-hybridized carbons (Fsp3) is 0.357. The lowest BCUT2D eigenvalue weighted by Gasteiger charge is -2.17. The van der Waals surface area contributed by atoms with Crippen LogP contribution < -0.4 is 4.90 Å². The van der Waals surface area contributed by atoms with E-state index in [1.54, 1.807) is 4.68 Å². The Kier molecular flexibility index (Phi) is 2.92. The third-order valence-corrected chi connectivity index (χ3v) is 3.57. The number of benzene rings is 1. The van der Waals surface area contributed by atoms with Gasteiger partial charge in [-0.05, 0) is 44.0 Å². The Hall–Kier alpha value is -2.35. The highest BCUT2D eigenvalue weighted by Crippen LogP contribution is 2.22. The topological polar surface area (TPSA) is 57.7 Å². The summed E-state index contributed by atoms with van der Waals surface area (Å²) in [4.78, 5) is 2.39. The smallest absolute Gasteiger partial charge is 0.186 e. The minimum absolute atomic E-state index is 0.378. The molecule has 5 heteroatoms. The summed E-state index contributed by atoms with van der Waals surface area (Å²) in [5.41, 5.74) is 3.34. The summed E-state index contributed by atoms with van der Waals surface area (Å²) in [6.45, 7) is 4.13. The highest BCUT2D eigenvalue weighted by molar-refractivity contribution is 5.51. The lowest BCUT2D eigenvalue weighted by Crippen LogP contribution is -2.17. The van der Waals surface area contributed by atoms with Crippen molar-refractivity contribution in [2.24, 2.45) is 0 Å². The van der Waals surface area contributed by atoms with Crippen LogP contribution in [-0.4, -0.2) is 28.1 Å². The standard InChI is InChI=1S/C14H15N5/c1-11-14(10-15)16-17-19(11)13-6-4-12(5-7-13)18-8-2-3-9-18/h4-7H,2-3,8-9H2,1H3. The number of hydrogen-bond acceptors (Lipinski definition) is 4. The maximum Gasteiger partial charge on any atom is 0.186 e. The van der Waals surface area contributed by atoms with E-state index in [1.807, 2.05) is 25.1 Å². The molecule has 1 aliphatic rings. The van der Waals surface area contributed by atoms with E-state index in [0.717, 1.165) is 24.5 Å². The van der Waals surface area contributed by atoms with Crippen molar-refractivity contribution in [3.05, 3.63) is 35.7 Å². The molecule has 0 aliphatic carbocycles. The molecule has 19 heavy (non-hydrogen) atoms. The van der Waals surface area contributed by atoms with Gasteiger partial charge in [-0.25, -0.2) is 4.68 Å². The van der Waals surface area contributed by atoms with E-state index in [4.69, 9.17) is 5.26 Å². The molecule has 96 valence electrons. The minimum Gasteiger partial charge on any atom is -0.372 e. The minimum atomic E-state index is 0.378. The molecule has 2 aromatic rings. The molecule has 0 radical (unpaired) electrons. The van der Waals surface area contributed by atoms with E-state index in [9.17, 15) is 0 Å². The van der Waals surface area contributed by atoms with Crippen LogP contribution in [0.2, 0.25) is 0 Å². The number of anilines is 1. The molecular weight excluding hydrogens is 238 g/mol. The summed E-state index contributed by atoms with van der Waals surface area (Å²) >= 11 is 0. The molecule has 1 aromatic carbocycles.